The van der Waals surface area contributed by atoms with Gasteiger partial charge in [0.25, 0.3) is 0 Å². The van der Waals surface area contributed by atoms with Gasteiger partial charge in [0.15, 0.2) is 0 Å². The molecule has 0 saturated carbocycles. The van der Waals surface area contributed by atoms with E-state index in [1.165, 1.54) is 25.8 Å². The van der Waals surface area contributed by atoms with Gasteiger partial charge in [0.1, 0.15) is 0 Å². The highest BCUT2D eigenvalue weighted by Gasteiger charge is 2.19. The quantitative estimate of drug-likeness (QED) is 0.647. The third kappa shape index (κ3) is 4.43. The summed E-state index contributed by atoms with van der Waals surface area (Å²) in [5.74, 6) is 0. The van der Waals surface area contributed by atoms with Crippen LogP contribution in [0.3, 0.4) is 0 Å². The minimum Gasteiger partial charge on any atom is -0.318 e. The Hall–Kier alpha value is -0.0800. The zero-order valence-electron chi connectivity index (χ0n) is 10.6. The van der Waals surface area contributed by atoms with Crippen LogP contribution in [-0.2, 0) is 0 Å². The van der Waals surface area contributed by atoms with E-state index in [1.54, 1.807) is 0 Å². The minimum atomic E-state index is 0.713. The largest absolute Gasteiger partial charge is 0.318 e. The standard InChI is InChI=1S/C12H28N2/c1-6-9-12(10-13-5)14(8-3)11(4)7-2/h11-13H,6-10H2,1-5H3. The van der Waals surface area contributed by atoms with Crippen LogP contribution in [0.1, 0.15) is 47.0 Å². The maximum atomic E-state index is 3.30. The van der Waals surface area contributed by atoms with E-state index in [0.29, 0.717) is 12.1 Å². The number of nitrogens with zero attached hydrogens (tertiary/aromatic N) is 1. The molecule has 0 spiro atoms. The smallest absolute Gasteiger partial charge is 0.0223 e. The number of rotatable bonds is 8. The van der Waals surface area contributed by atoms with Gasteiger partial charge in [-0.05, 0) is 33.4 Å². The maximum absolute atomic E-state index is 3.30. The van der Waals surface area contributed by atoms with Crippen molar-refractivity contribution in [2.45, 2.75) is 59.0 Å². The lowest BCUT2D eigenvalue weighted by atomic mass is 10.1. The van der Waals surface area contributed by atoms with E-state index in [0.717, 1.165) is 6.54 Å². The second-order valence-corrected chi connectivity index (χ2v) is 4.09. The van der Waals surface area contributed by atoms with Crippen molar-refractivity contribution in [2.75, 3.05) is 20.1 Å². The van der Waals surface area contributed by atoms with Crippen molar-refractivity contribution in [3.63, 3.8) is 0 Å². The zero-order chi connectivity index (χ0) is 11.0. The molecular weight excluding hydrogens is 172 g/mol. The van der Waals surface area contributed by atoms with Gasteiger partial charge in [-0.1, -0.05) is 27.2 Å². The first kappa shape index (κ1) is 13.9. The fourth-order valence-corrected chi connectivity index (χ4v) is 2.12. The highest BCUT2D eigenvalue weighted by molar-refractivity contribution is 4.76. The van der Waals surface area contributed by atoms with Gasteiger partial charge in [-0.2, -0.15) is 0 Å². The predicted octanol–water partition coefficient (Wildman–Crippen LogP) is 2.49. The van der Waals surface area contributed by atoms with Crippen LogP contribution in [0.25, 0.3) is 0 Å². The van der Waals surface area contributed by atoms with E-state index in [2.05, 4.69) is 37.9 Å². The van der Waals surface area contributed by atoms with Crippen LogP contribution in [-0.4, -0.2) is 37.1 Å². The highest BCUT2D eigenvalue weighted by Crippen LogP contribution is 2.12. The van der Waals surface area contributed by atoms with E-state index in [1.807, 2.05) is 7.05 Å². The summed E-state index contributed by atoms with van der Waals surface area (Å²) in [5, 5.41) is 3.30. The molecule has 0 aromatic carbocycles. The van der Waals surface area contributed by atoms with E-state index >= 15 is 0 Å². The van der Waals surface area contributed by atoms with Crippen LogP contribution in [0, 0.1) is 0 Å². The average molecular weight is 200 g/mol. The molecular formula is C12H28N2. The lowest BCUT2D eigenvalue weighted by molar-refractivity contribution is 0.138. The van der Waals surface area contributed by atoms with Crippen LogP contribution >= 0.6 is 0 Å². The molecule has 0 bridgehead atoms. The number of hydrogen-bond donors (Lipinski definition) is 1. The van der Waals surface area contributed by atoms with Crippen LogP contribution in [0.2, 0.25) is 0 Å². The molecule has 0 fully saturated rings. The first-order valence-electron chi connectivity index (χ1n) is 6.11. The third-order valence-electron chi connectivity index (χ3n) is 3.05. The van der Waals surface area contributed by atoms with Crippen molar-refractivity contribution in [1.29, 1.82) is 0 Å². The molecule has 0 aromatic rings. The summed E-state index contributed by atoms with van der Waals surface area (Å²) in [6.45, 7) is 11.4. The lowest BCUT2D eigenvalue weighted by Gasteiger charge is -2.35. The van der Waals surface area contributed by atoms with E-state index in [-0.39, 0.29) is 0 Å². The van der Waals surface area contributed by atoms with E-state index < -0.39 is 0 Å². The summed E-state index contributed by atoms with van der Waals surface area (Å²) in [5.41, 5.74) is 0. The van der Waals surface area contributed by atoms with E-state index in [9.17, 15) is 0 Å². The molecule has 0 radical (unpaired) electrons. The van der Waals surface area contributed by atoms with Crippen LogP contribution in [0.4, 0.5) is 0 Å². The Bertz CT molecular complexity index is 119. The van der Waals surface area contributed by atoms with Gasteiger partial charge in [-0.3, -0.25) is 4.90 Å². The van der Waals surface area contributed by atoms with Crippen LogP contribution < -0.4 is 5.32 Å². The maximum Gasteiger partial charge on any atom is 0.0223 e. The first-order chi connectivity index (χ1) is 6.71. The fourth-order valence-electron chi connectivity index (χ4n) is 2.12. The molecule has 2 unspecified atom stereocenters. The summed E-state index contributed by atoms with van der Waals surface area (Å²) in [4.78, 5) is 2.62. The summed E-state index contributed by atoms with van der Waals surface area (Å²) < 4.78 is 0. The Morgan fingerprint density at radius 3 is 2.21 bits per heavy atom. The van der Waals surface area contributed by atoms with Crippen LogP contribution in [0.5, 0.6) is 0 Å². The molecule has 0 heterocycles. The molecule has 2 nitrogen and oxygen atoms in total. The molecule has 0 amide bonds. The van der Waals surface area contributed by atoms with Crippen molar-refractivity contribution >= 4 is 0 Å². The second-order valence-electron chi connectivity index (χ2n) is 4.09. The highest BCUT2D eigenvalue weighted by atomic mass is 15.2. The van der Waals surface area contributed by atoms with Gasteiger partial charge in [0, 0.05) is 18.6 Å². The second kappa shape index (κ2) is 8.25. The molecule has 0 rings (SSSR count). The SMILES string of the molecule is CCCC(CNC)N(CC)C(C)CC. The predicted molar refractivity (Wildman–Crippen MR) is 64.8 cm³/mol. The van der Waals surface area contributed by atoms with E-state index in [4.69, 9.17) is 0 Å². The van der Waals surface area contributed by atoms with Gasteiger partial charge in [-0.25, -0.2) is 0 Å². The average Bonchev–Trinajstić information content (AvgIpc) is 2.19. The molecule has 0 aliphatic carbocycles. The topological polar surface area (TPSA) is 15.3 Å². The third-order valence-corrected chi connectivity index (χ3v) is 3.05. The first-order valence-corrected chi connectivity index (χ1v) is 6.11. The van der Waals surface area contributed by atoms with Crippen molar-refractivity contribution in [2.24, 2.45) is 0 Å². The Morgan fingerprint density at radius 2 is 1.86 bits per heavy atom. The summed E-state index contributed by atoms with van der Waals surface area (Å²) in [6.07, 6.45) is 3.83. The molecule has 0 aromatic heterocycles. The Balaban J connectivity index is 4.24. The molecule has 86 valence electrons. The molecule has 0 aliphatic rings. The van der Waals surface area contributed by atoms with Crippen molar-refractivity contribution in [3.05, 3.63) is 0 Å². The molecule has 14 heavy (non-hydrogen) atoms. The fraction of sp³-hybridized carbons (Fsp3) is 1.00. The van der Waals surface area contributed by atoms with Gasteiger partial charge < -0.3 is 5.32 Å². The summed E-state index contributed by atoms with van der Waals surface area (Å²) in [6, 6.07) is 1.43. The number of nitrogens with one attached hydrogen (secondary N) is 1. The van der Waals surface area contributed by atoms with Gasteiger partial charge in [-0.15, -0.1) is 0 Å². The Labute approximate surface area is 90.1 Å². The molecule has 1 N–H and O–H groups in total. The molecule has 2 heteroatoms. The summed E-state index contributed by atoms with van der Waals surface area (Å²) >= 11 is 0. The Kier molecular flexibility index (Phi) is 8.20. The molecule has 0 aliphatic heterocycles. The molecule has 2 atom stereocenters. The van der Waals surface area contributed by atoms with Crippen molar-refractivity contribution < 1.29 is 0 Å². The van der Waals surface area contributed by atoms with Crippen molar-refractivity contribution in [3.8, 4) is 0 Å². The normalized spacial score (nSPS) is 15.9. The zero-order valence-corrected chi connectivity index (χ0v) is 10.6. The lowest BCUT2D eigenvalue weighted by Crippen LogP contribution is -2.46. The van der Waals surface area contributed by atoms with Crippen LogP contribution in [0.15, 0.2) is 0 Å². The van der Waals surface area contributed by atoms with Gasteiger partial charge in [0.2, 0.25) is 0 Å². The van der Waals surface area contributed by atoms with Gasteiger partial charge >= 0.3 is 0 Å². The minimum absolute atomic E-state index is 0.713. The van der Waals surface area contributed by atoms with Gasteiger partial charge in [0.05, 0.1) is 0 Å². The summed E-state index contributed by atoms with van der Waals surface area (Å²) in [7, 11) is 2.05. The molecule has 0 saturated heterocycles. The monoisotopic (exact) mass is 200 g/mol. The van der Waals surface area contributed by atoms with Crippen molar-refractivity contribution in [1.82, 2.24) is 10.2 Å². The number of hydrogen-bond acceptors (Lipinski definition) is 2. The number of likely N-dealkylation sites (N-methyl/N-ethyl adjacent to an activating group) is 2. The Morgan fingerprint density at radius 1 is 1.21 bits per heavy atom.